The first kappa shape index (κ1) is 15.9. The van der Waals surface area contributed by atoms with Crippen LogP contribution >= 0.6 is 0 Å². The van der Waals surface area contributed by atoms with E-state index in [1.54, 1.807) is 6.92 Å². The highest BCUT2D eigenvalue weighted by Gasteiger charge is 2.29. The van der Waals surface area contributed by atoms with Gasteiger partial charge in [-0.05, 0) is 13.8 Å². The Labute approximate surface area is 121 Å². The van der Waals surface area contributed by atoms with Crippen molar-refractivity contribution >= 4 is 5.97 Å². The lowest BCUT2D eigenvalue weighted by atomic mass is 10.2. The van der Waals surface area contributed by atoms with Crippen LogP contribution in [0.15, 0.2) is 6.20 Å². The summed E-state index contributed by atoms with van der Waals surface area (Å²) in [5.74, 6) is -11.4. The molecule has 0 radical (unpaired) electrons. The van der Waals surface area contributed by atoms with Gasteiger partial charge in [-0.3, -0.25) is 0 Å². The molecule has 0 bridgehead atoms. The van der Waals surface area contributed by atoms with Crippen molar-refractivity contribution in [1.29, 1.82) is 0 Å². The average molecular weight is 320 g/mol. The molecule has 0 fully saturated rings. The second-order valence-corrected chi connectivity index (χ2v) is 4.19. The molecule has 0 aliphatic rings. The summed E-state index contributed by atoms with van der Waals surface area (Å²) in [6, 6.07) is 0. The summed E-state index contributed by atoms with van der Waals surface area (Å²) < 4.78 is 72.1. The van der Waals surface area contributed by atoms with Crippen LogP contribution in [0.4, 0.5) is 22.0 Å². The number of hydrogen-bond donors (Lipinski definition) is 0. The molecular formula is C13H9F5N2O2. The van der Waals surface area contributed by atoms with Crippen molar-refractivity contribution in [3.05, 3.63) is 46.5 Å². The monoisotopic (exact) mass is 320 g/mol. The molecule has 2 aromatic rings. The van der Waals surface area contributed by atoms with Crippen molar-refractivity contribution in [2.75, 3.05) is 6.61 Å². The number of esters is 1. The summed E-state index contributed by atoms with van der Waals surface area (Å²) in [6.45, 7) is 2.82. The lowest BCUT2D eigenvalue weighted by Gasteiger charge is -2.10. The maximum Gasteiger partial charge on any atom is 0.341 e. The van der Waals surface area contributed by atoms with Gasteiger partial charge < -0.3 is 4.74 Å². The highest BCUT2D eigenvalue weighted by molar-refractivity contribution is 5.90. The zero-order valence-electron chi connectivity index (χ0n) is 11.4. The number of nitrogens with zero attached hydrogens (tertiary/aromatic N) is 2. The van der Waals surface area contributed by atoms with E-state index in [9.17, 15) is 26.7 Å². The van der Waals surface area contributed by atoms with E-state index in [0.717, 1.165) is 6.20 Å². The fourth-order valence-electron chi connectivity index (χ4n) is 1.82. The Morgan fingerprint density at radius 1 is 1.09 bits per heavy atom. The van der Waals surface area contributed by atoms with Gasteiger partial charge in [0, 0.05) is 0 Å². The Hall–Kier alpha value is -2.45. The van der Waals surface area contributed by atoms with Crippen LogP contribution in [0.1, 0.15) is 23.0 Å². The van der Waals surface area contributed by atoms with Crippen molar-refractivity contribution in [1.82, 2.24) is 9.78 Å². The maximum absolute atomic E-state index is 13.7. The number of aromatic nitrogens is 2. The van der Waals surface area contributed by atoms with E-state index in [-0.39, 0.29) is 17.9 Å². The molecule has 0 amide bonds. The molecule has 0 saturated heterocycles. The molecule has 1 aromatic heterocycles. The topological polar surface area (TPSA) is 44.1 Å². The molecular weight excluding hydrogens is 311 g/mol. The smallest absolute Gasteiger partial charge is 0.341 e. The lowest BCUT2D eigenvalue weighted by molar-refractivity contribution is 0.0525. The number of carbonyl (C=O) groups is 1. The van der Waals surface area contributed by atoms with E-state index < -0.39 is 40.7 Å². The van der Waals surface area contributed by atoms with Crippen LogP contribution in [-0.4, -0.2) is 22.4 Å². The minimum Gasteiger partial charge on any atom is -0.462 e. The molecule has 0 unspecified atom stereocenters. The molecule has 0 atom stereocenters. The molecule has 118 valence electrons. The van der Waals surface area contributed by atoms with Gasteiger partial charge >= 0.3 is 5.97 Å². The number of hydrogen-bond acceptors (Lipinski definition) is 3. The van der Waals surface area contributed by atoms with E-state index in [1.165, 1.54) is 6.92 Å². The Balaban J connectivity index is 2.67. The summed E-state index contributed by atoms with van der Waals surface area (Å²) in [6.07, 6.45) is 0.922. The highest BCUT2D eigenvalue weighted by Crippen LogP contribution is 2.27. The Kier molecular flexibility index (Phi) is 4.16. The molecule has 0 N–H and O–H groups in total. The van der Waals surface area contributed by atoms with Gasteiger partial charge in [0.1, 0.15) is 11.3 Å². The van der Waals surface area contributed by atoms with Crippen molar-refractivity contribution in [2.45, 2.75) is 13.8 Å². The van der Waals surface area contributed by atoms with Gasteiger partial charge in [0.15, 0.2) is 23.3 Å². The normalized spacial score (nSPS) is 10.9. The van der Waals surface area contributed by atoms with E-state index in [1.807, 2.05) is 0 Å². The SMILES string of the molecule is CCOC(=O)c1cnn(-c2c(F)c(F)c(F)c(F)c2F)c1C. The molecule has 1 aromatic carbocycles. The largest absolute Gasteiger partial charge is 0.462 e. The van der Waals surface area contributed by atoms with Crippen molar-refractivity contribution in [2.24, 2.45) is 0 Å². The molecule has 0 aliphatic heterocycles. The fourth-order valence-corrected chi connectivity index (χ4v) is 1.82. The van der Waals surface area contributed by atoms with E-state index >= 15 is 0 Å². The lowest BCUT2D eigenvalue weighted by Crippen LogP contribution is -2.13. The third-order valence-electron chi connectivity index (χ3n) is 2.90. The summed E-state index contributed by atoms with van der Waals surface area (Å²) in [5.41, 5.74) is -1.53. The predicted octanol–water partition coefficient (Wildman–Crippen LogP) is 3.05. The standard InChI is InChI=1S/C13H9F5N2O2/c1-3-22-13(21)6-4-19-20(5(6)2)12-10(17)8(15)7(14)9(16)11(12)18/h4H,3H2,1-2H3. The Morgan fingerprint density at radius 2 is 1.59 bits per heavy atom. The van der Waals surface area contributed by atoms with Gasteiger partial charge in [-0.1, -0.05) is 0 Å². The third-order valence-corrected chi connectivity index (χ3v) is 2.90. The minimum absolute atomic E-state index is 0.0476. The molecule has 2 rings (SSSR count). The van der Waals surface area contributed by atoms with Crippen molar-refractivity contribution < 1.29 is 31.5 Å². The molecule has 1 heterocycles. The summed E-state index contributed by atoms with van der Waals surface area (Å²) in [5, 5.41) is 3.50. The van der Waals surface area contributed by atoms with Crippen LogP contribution in [0.5, 0.6) is 0 Å². The number of carbonyl (C=O) groups excluding carboxylic acids is 1. The average Bonchev–Trinajstić information content (AvgIpc) is 2.85. The van der Waals surface area contributed by atoms with Crippen molar-refractivity contribution in [3.63, 3.8) is 0 Å². The van der Waals surface area contributed by atoms with Gasteiger partial charge in [-0.15, -0.1) is 0 Å². The van der Waals surface area contributed by atoms with Gasteiger partial charge in [0.25, 0.3) is 0 Å². The molecule has 0 aliphatic carbocycles. The van der Waals surface area contributed by atoms with Crippen molar-refractivity contribution in [3.8, 4) is 5.69 Å². The van der Waals surface area contributed by atoms with Gasteiger partial charge in [-0.2, -0.15) is 5.10 Å². The summed E-state index contributed by atoms with van der Waals surface area (Å²) >= 11 is 0. The van der Waals surface area contributed by atoms with Gasteiger partial charge in [0.05, 0.1) is 18.5 Å². The second-order valence-electron chi connectivity index (χ2n) is 4.19. The van der Waals surface area contributed by atoms with Crippen LogP contribution in [-0.2, 0) is 4.74 Å². The first-order chi connectivity index (χ1) is 10.3. The maximum atomic E-state index is 13.7. The zero-order chi connectivity index (χ0) is 16.6. The number of halogens is 5. The summed E-state index contributed by atoms with van der Waals surface area (Å²) in [4.78, 5) is 11.6. The van der Waals surface area contributed by atoms with Gasteiger partial charge in [0.2, 0.25) is 5.82 Å². The summed E-state index contributed by atoms with van der Waals surface area (Å²) in [7, 11) is 0. The van der Waals surface area contributed by atoms with E-state index in [2.05, 4.69) is 5.10 Å². The zero-order valence-corrected chi connectivity index (χ0v) is 11.4. The number of ether oxygens (including phenoxy) is 1. The number of benzene rings is 1. The first-order valence-corrected chi connectivity index (χ1v) is 6.04. The minimum atomic E-state index is -2.27. The van der Waals surface area contributed by atoms with Crippen LogP contribution in [0.2, 0.25) is 0 Å². The molecule has 0 saturated carbocycles. The molecule has 4 nitrogen and oxygen atoms in total. The van der Waals surface area contributed by atoms with Crippen LogP contribution in [0.25, 0.3) is 5.69 Å². The third kappa shape index (κ3) is 2.32. The highest BCUT2D eigenvalue weighted by atomic mass is 19.2. The second kappa shape index (κ2) is 5.74. The Morgan fingerprint density at radius 3 is 2.09 bits per heavy atom. The van der Waals surface area contributed by atoms with Crippen LogP contribution < -0.4 is 0 Å². The van der Waals surface area contributed by atoms with E-state index in [0.29, 0.717) is 4.68 Å². The molecule has 0 spiro atoms. The Bertz CT molecular complexity index is 728. The quantitative estimate of drug-likeness (QED) is 0.378. The predicted molar refractivity (Wildman–Crippen MR) is 64.0 cm³/mol. The van der Waals surface area contributed by atoms with Gasteiger partial charge in [-0.25, -0.2) is 31.4 Å². The molecule has 9 heteroatoms. The van der Waals surface area contributed by atoms with Crippen LogP contribution in [0, 0.1) is 36.0 Å². The fraction of sp³-hybridized carbons (Fsp3) is 0.231. The first-order valence-electron chi connectivity index (χ1n) is 6.04. The van der Waals surface area contributed by atoms with Crippen LogP contribution in [0.3, 0.4) is 0 Å². The molecule has 22 heavy (non-hydrogen) atoms. The van der Waals surface area contributed by atoms with E-state index in [4.69, 9.17) is 4.74 Å². The number of rotatable bonds is 3.